The van der Waals surface area contributed by atoms with Gasteiger partial charge >= 0.3 is 0 Å². The summed E-state index contributed by atoms with van der Waals surface area (Å²) < 4.78 is 0. The lowest BCUT2D eigenvalue weighted by molar-refractivity contribution is -0.114. The monoisotopic (exact) mass is 297 g/mol. The summed E-state index contributed by atoms with van der Waals surface area (Å²) in [7, 11) is 0. The van der Waals surface area contributed by atoms with Crippen molar-refractivity contribution in [3.63, 3.8) is 0 Å². The van der Waals surface area contributed by atoms with Crippen molar-refractivity contribution in [2.45, 2.75) is 32.5 Å². The maximum Gasteiger partial charge on any atom is 0.221 e. The summed E-state index contributed by atoms with van der Waals surface area (Å²) in [5, 5.41) is 22.5. The van der Waals surface area contributed by atoms with Crippen molar-refractivity contribution in [3.8, 4) is 0 Å². The van der Waals surface area contributed by atoms with E-state index in [0.717, 1.165) is 11.8 Å². The Morgan fingerprint density at radius 3 is 2.30 bits per heavy atom. The lowest BCUT2D eigenvalue weighted by atomic mass is 10.0. The topological polar surface area (TPSA) is 86.6 Å². The largest absolute Gasteiger partial charge is 0.390 e. The van der Waals surface area contributed by atoms with Gasteiger partial charge in [-0.2, -0.15) is 0 Å². The Morgan fingerprint density at radius 2 is 1.80 bits per heavy atom. The molecule has 2 atom stereocenters. The fraction of sp³-hybridized carbons (Fsp3) is 0.429. The molecule has 6 heteroatoms. The van der Waals surface area contributed by atoms with E-state index >= 15 is 0 Å². The van der Waals surface area contributed by atoms with Crippen molar-refractivity contribution >= 4 is 28.5 Å². The number of aliphatic hydroxyl groups is 2. The molecule has 0 aliphatic heterocycles. The standard InChI is InChI=1S/C14H19NO4S/c1-9(16)15-12-5-3-11(4-6-12)14(19)13(18)7-8-20-10(2)17/h3-6,13-14,18-19H,7-8H2,1-2H3,(H,15,16). The van der Waals surface area contributed by atoms with Gasteiger partial charge in [-0.3, -0.25) is 9.59 Å². The van der Waals surface area contributed by atoms with Crippen LogP contribution in [-0.4, -0.2) is 33.1 Å². The first kappa shape index (κ1) is 16.7. The van der Waals surface area contributed by atoms with Gasteiger partial charge in [-0.1, -0.05) is 23.9 Å². The highest BCUT2D eigenvalue weighted by Gasteiger charge is 2.18. The van der Waals surface area contributed by atoms with Crippen LogP contribution in [0.5, 0.6) is 0 Å². The number of rotatable bonds is 6. The molecule has 0 aliphatic rings. The molecule has 20 heavy (non-hydrogen) atoms. The molecule has 0 bridgehead atoms. The van der Waals surface area contributed by atoms with Gasteiger partial charge < -0.3 is 15.5 Å². The summed E-state index contributed by atoms with van der Waals surface area (Å²) in [6.07, 6.45) is -1.60. The molecule has 3 N–H and O–H groups in total. The summed E-state index contributed by atoms with van der Waals surface area (Å²) in [6, 6.07) is 6.63. The van der Waals surface area contributed by atoms with E-state index < -0.39 is 12.2 Å². The van der Waals surface area contributed by atoms with Crippen molar-refractivity contribution in [3.05, 3.63) is 29.8 Å². The van der Waals surface area contributed by atoms with Crippen LogP contribution in [0.1, 0.15) is 31.9 Å². The molecule has 110 valence electrons. The normalized spacial score (nSPS) is 13.6. The summed E-state index contributed by atoms with van der Waals surface area (Å²) >= 11 is 1.12. The zero-order valence-electron chi connectivity index (χ0n) is 11.5. The third kappa shape index (κ3) is 5.73. The molecule has 0 aliphatic carbocycles. The average molecular weight is 297 g/mol. The van der Waals surface area contributed by atoms with Crippen molar-refractivity contribution < 1.29 is 19.8 Å². The molecule has 1 amide bonds. The maximum atomic E-state index is 10.9. The number of aliphatic hydroxyl groups excluding tert-OH is 2. The number of thioether (sulfide) groups is 1. The predicted octanol–water partition coefficient (Wildman–Crippen LogP) is 1.71. The third-order valence-corrected chi connectivity index (χ3v) is 3.50. The van der Waals surface area contributed by atoms with Gasteiger partial charge in [0.1, 0.15) is 6.10 Å². The number of carbonyl (C=O) groups is 2. The Bertz CT molecular complexity index is 461. The summed E-state index contributed by atoms with van der Waals surface area (Å²) in [5.41, 5.74) is 1.20. The Labute approximate surface area is 122 Å². The predicted molar refractivity (Wildman–Crippen MR) is 79.5 cm³/mol. The molecule has 0 saturated heterocycles. The first-order valence-corrected chi connectivity index (χ1v) is 7.25. The van der Waals surface area contributed by atoms with Gasteiger partial charge in [0.25, 0.3) is 0 Å². The number of hydrogen-bond donors (Lipinski definition) is 3. The van der Waals surface area contributed by atoms with E-state index in [0.29, 0.717) is 23.4 Å². The van der Waals surface area contributed by atoms with Crippen LogP contribution in [0.25, 0.3) is 0 Å². The van der Waals surface area contributed by atoms with E-state index in [1.807, 2.05) is 0 Å². The SMILES string of the molecule is CC(=O)Nc1ccc(C(O)C(O)CCSC(C)=O)cc1. The minimum absolute atomic E-state index is 0.00801. The fourth-order valence-corrected chi connectivity index (χ4v) is 2.32. The Hall–Kier alpha value is -1.37. The van der Waals surface area contributed by atoms with Crippen LogP contribution in [-0.2, 0) is 9.59 Å². The second-order valence-electron chi connectivity index (χ2n) is 4.44. The number of amides is 1. The molecule has 2 unspecified atom stereocenters. The van der Waals surface area contributed by atoms with Gasteiger partial charge in [-0.05, 0) is 24.1 Å². The summed E-state index contributed by atoms with van der Waals surface area (Å²) in [5.74, 6) is 0.303. The Morgan fingerprint density at radius 1 is 1.20 bits per heavy atom. The van der Waals surface area contributed by atoms with Crippen LogP contribution in [0.2, 0.25) is 0 Å². The Kier molecular flexibility index (Phi) is 6.70. The second-order valence-corrected chi connectivity index (χ2v) is 5.72. The molecule has 0 radical (unpaired) electrons. The first-order chi connectivity index (χ1) is 9.40. The quantitative estimate of drug-likeness (QED) is 0.744. The second kappa shape index (κ2) is 8.04. The molecule has 1 aromatic rings. The van der Waals surface area contributed by atoms with E-state index in [4.69, 9.17) is 0 Å². The van der Waals surface area contributed by atoms with Crippen LogP contribution >= 0.6 is 11.8 Å². The van der Waals surface area contributed by atoms with Crippen LogP contribution in [0.3, 0.4) is 0 Å². The number of hydrogen-bond acceptors (Lipinski definition) is 5. The average Bonchev–Trinajstić information content (AvgIpc) is 2.37. The molecular weight excluding hydrogens is 278 g/mol. The lowest BCUT2D eigenvalue weighted by Crippen LogP contribution is -2.19. The number of nitrogens with one attached hydrogen (secondary N) is 1. The molecule has 0 heterocycles. The van der Waals surface area contributed by atoms with Crippen molar-refractivity contribution in [1.82, 2.24) is 0 Å². The zero-order valence-corrected chi connectivity index (χ0v) is 12.3. The lowest BCUT2D eigenvalue weighted by Gasteiger charge is -2.18. The highest BCUT2D eigenvalue weighted by molar-refractivity contribution is 8.13. The molecule has 0 fully saturated rings. The minimum Gasteiger partial charge on any atom is -0.390 e. The summed E-state index contributed by atoms with van der Waals surface area (Å²) in [6.45, 7) is 2.88. The third-order valence-electron chi connectivity index (χ3n) is 2.66. The number of benzene rings is 1. The van der Waals surface area contributed by atoms with Crippen LogP contribution in [0.15, 0.2) is 24.3 Å². The number of anilines is 1. The molecule has 5 nitrogen and oxygen atoms in total. The highest BCUT2D eigenvalue weighted by atomic mass is 32.2. The van der Waals surface area contributed by atoms with Crippen LogP contribution < -0.4 is 5.32 Å². The van der Waals surface area contributed by atoms with E-state index in [2.05, 4.69) is 5.32 Å². The van der Waals surface area contributed by atoms with E-state index in [1.54, 1.807) is 24.3 Å². The van der Waals surface area contributed by atoms with E-state index in [9.17, 15) is 19.8 Å². The smallest absolute Gasteiger partial charge is 0.221 e. The van der Waals surface area contributed by atoms with Crippen molar-refractivity contribution in [2.24, 2.45) is 0 Å². The Balaban J connectivity index is 2.55. The highest BCUT2D eigenvalue weighted by Crippen LogP contribution is 2.22. The molecule has 0 saturated carbocycles. The fourth-order valence-electron chi connectivity index (χ4n) is 1.67. The van der Waals surface area contributed by atoms with E-state index in [-0.39, 0.29) is 11.0 Å². The summed E-state index contributed by atoms with van der Waals surface area (Å²) in [4.78, 5) is 21.7. The molecule has 0 aromatic heterocycles. The van der Waals surface area contributed by atoms with Crippen molar-refractivity contribution in [2.75, 3.05) is 11.1 Å². The van der Waals surface area contributed by atoms with Gasteiger partial charge in [-0.25, -0.2) is 0 Å². The van der Waals surface area contributed by atoms with E-state index in [1.165, 1.54) is 13.8 Å². The zero-order chi connectivity index (χ0) is 15.1. The van der Waals surface area contributed by atoms with Gasteiger partial charge in [0.2, 0.25) is 5.91 Å². The van der Waals surface area contributed by atoms with Gasteiger partial charge in [0, 0.05) is 25.3 Å². The number of carbonyl (C=O) groups excluding carboxylic acids is 2. The molecule has 0 spiro atoms. The molecule has 1 rings (SSSR count). The van der Waals surface area contributed by atoms with Gasteiger partial charge in [0.05, 0.1) is 6.10 Å². The molecule has 1 aromatic carbocycles. The van der Waals surface area contributed by atoms with Gasteiger partial charge in [0.15, 0.2) is 5.12 Å². The maximum absolute atomic E-state index is 10.9. The van der Waals surface area contributed by atoms with Gasteiger partial charge in [-0.15, -0.1) is 0 Å². The van der Waals surface area contributed by atoms with Crippen LogP contribution in [0.4, 0.5) is 5.69 Å². The molecular formula is C14H19NO4S. The minimum atomic E-state index is -1.01. The first-order valence-electron chi connectivity index (χ1n) is 6.27. The van der Waals surface area contributed by atoms with Crippen molar-refractivity contribution in [1.29, 1.82) is 0 Å². The van der Waals surface area contributed by atoms with Crippen LogP contribution in [0, 0.1) is 0 Å².